The smallest absolute Gasteiger partial charge is 0.417 e. The van der Waals surface area contributed by atoms with Gasteiger partial charge in [0.05, 0.1) is 33.5 Å². The number of carbonyl (C=O) groups is 1. The molecule has 2 amide bonds. The van der Waals surface area contributed by atoms with Gasteiger partial charge < -0.3 is 20.3 Å². The Kier molecular flexibility index (Phi) is 7.32. The summed E-state index contributed by atoms with van der Waals surface area (Å²) in [6, 6.07) is 6.04. The Bertz CT molecular complexity index is 1610. The van der Waals surface area contributed by atoms with E-state index in [1.54, 1.807) is 6.20 Å². The number of alkyl halides is 3. The molecule has 5 rings (SSSR count). The van der Waals surface area contributed by atoms with Gasteiger partial charge in [-0.2, -0.15) is 17.6 Å². The molecule has 4 aromatic rings. The summed E-state index contributed by atoms with van der Waals surface area (Å²) in [6.07, 6.45) is -1.11. The number of fused-ring (bicyclic) bond motifs is 1. The lowest BCUT2D eigenvalue weighted by Gasteiger charge is -2.16. The third kappa shape index (κ3) is 5.69. The minimum atomic E-state index is -4.80. The van der Waals surface area contributed by atoms with Gasteiger partial charge in [-0.3, -0.25) is 4.98 Å². The molecule has 3 aromatic carbocycles. The number of urea groups is 1. The Morgan fingerprint density at radius 2 is 1.70 bits per heavy atom. The van der Waals surface area contributed by atoms with Gasteiger partial charge in [0.25, 0.3) is 0 Å². The Balaban J connectivity index is 1.34. The highest BCUT2D eigenvalue weighted by Gasteiger charge is 2.33. The molecule has 0 bridgehead atoms. The van der Waals surface area contributed by atoms with Crippen LogP contribution in [0.2, 0.25) is 5.02 Å². The van der Waals surface area contributed by atoms with Crippen molar-refractivity contribution in [2.45, 2.75) is 19.0 Å². The molecule has 0 spiro atoms. The van der Waals surface area contributed by atoms with Gasteiger partial charge in [-0.05, 0) is 43.2 Å². The molecule has 1 fully saturated rings. The summed E-state index contributed by atoms with van der Waals surface area (Å²) < 4.78 is 88.7. The number of rotatable bonds is 5. The van der Waals surface area contributed by atoms with Crippen molar-refractivity contribution in [1.82, 2.24) is 9.97 Å². The van der Waals surface area contributed by atoms with Crippen LogP contribution in [0.1, 0.15) is 18.4 Å². The van der Waals surface area contributed by atoms with Crippen molar-refractivity contribution in [2.75, 3.05) is 28.6 Å². The highest BCUT2D eigenvalue weighted by molar-refractivity contribution is 6.31. The van der Waals surface area contributed by atoms with Crippen LogP contribution in [0, 0.1) is 17.5 Å². The topological polar surface area (TPSA) is 79.4 Å². The molecule has 0 atom stereocenters. The fourth-order valence-corrected chi connectivity index (χ4v) is 4.35. The SMILES string of the molecule is O=C(Nc1ccc(Cl)c(C(F)(F)F)c1)Nc1cc(F)c(Oc2ccc3ncc(N4CCCC4)nc3c2)c(F)c1F. The van der Waals surface area contributed by atoms with Crippen molar-refractivity contribution in [1.29, 1.82) is 0 Å². The second-order valence-electron chi connectivity index (χ2n) is 8.81. The molecular formula is C26H18ClF6N5O2. The Labute approximate surface area is 227 Å². The summed E-state index contributed by atoms with van der Waals surface area (Å²) in [7, 11) is 0. The summed E-state index contributed by atoms with van der Waals surface area (Å²) >= 11 is 5.54. The maximum atomic E-state index is 14.8. The summed E-state index contributed by atoms with van der Waals surface area (Å²) in [5.41, 5.74) is -1.57. The predicted octanol–water partition coefficient (Wildman–Crippen LogP) is 7.76. The zero-order valence-electron chi connectivity index (χ0n) is 20.3. The van der Waals surface area contributed by atoms with E-state index in [1.807, 2.05) is 10.6 Å². The fourth-order valence-electron chi connectivity index (χ4n) is 4.13. The first-order valence-electron chi connectivity index (χ1n) is 11.8. The normalized spacial score (nSPS) is 13.5. The fraction of sp³-hybridized carbons (Fsp3) is 0.192. The lowest BCUT2D eigenvalue weighted by molar-refractivity contribution is -0.137. The molecule has 0 radical (unpaired) electrons. The first kappa shape index (κ1) is 27.3. The average Bonchev–Trinajstić information content (AvgIpc) is 3.45. The van der Waals surface area contributed by atoms with Crippen molar-refractivity contribution < 1.29 is 35.9 Å². The van der Waals surface area contributed by atoms with E-state index in [0.29, 0.717) is 29.0 Å². The van der Waals surface area contributed by atoms with Gasteiger partial charge >= 0.3 is 12.2 Å². The minimum absolute atomic E-state index is 0.0424. The van der Waals surface area contributed by atoms with Gasteiger partial charge in [-0.1, -0.05) is 11.6 Å². The van der Waals surface area contributed by atoms with Crippen LogP contribution in [0.3, 0.4) is 0 Å². The molecule has 2 heterocycles. The van der Waals surface area contributed by atoms with E-state index >= 15 is 0 Å². The molecule has 40 heavy (non-hydrogen) atoms. The van der Waals surface area contributed by atoms with Crippen LogP contribution >= 0.6 is 11.6 Å². The highest BCUT2D eigenvalue weighted by atomic mass is 35.5. The molecule has 7 nitrogen and oxygen atoms in total. The van der Waals surface area contributed by atoms with E-state index in [0.717, 1.165) is 38.1 Å². The lowest BCUT2D eigenvalue weighted by Crippen LogP contribution is -2.21. The number of carbonyl (C=O) groups excluding carboxylic acids is 1. The first-order valence-corrected chi connectivity index (χ1v) is 12.2. The van der Waals surface area contributed by atoms with Crippen LogP contribution in [0.25, 0.3) is 11.0 Å². The van der Waals surface area contributed by atoms with Crippen molar-refractivity contribution in [3.8, 4) is 11.5 Å². The molecular weight excluding hydrogens is 564 g/mol. The number of aromatic nitrogens is 2. The van der Waals surface area contributed by atoms with Gasteiger partial charge in [-0.15, -0.1) is 0 Å². The molecule has 0 unspecified atom stereocenters. The maximum Gasteiger partial charge on any atom is 0.417 e. The van der Waals surface area contributed by atoms with E-state index in [2.05, 4.69) is 14.9 Å². The number of hydrogen-bond donors (Lipinski definition) is 2. The number of hydrogen-bond acceptors (Lipinski definition) is 5. The third-order valence-corrected chi connectivity index (χ3v) is 6.37. The molecule has 1 saturated heterocycles. The second kappa shape index (κ2) is 10.7. The van der Waals surface area contributed by atoms with E-state index in [4.69, 9.17) is 16.3 Å². The van der Waals surface area contributed by atoms with Gasteiger partial charge in [0, 0.05) is 30.9 Å². The monoisotopic (exact) mass is 581 g/mol. The largest absolute Gasteiger partial charge is 0.451 e. The Hall–Kier alpha value is -4.26. The molecule has 14 heteroatoms. The molecule has 1 aliphatic heterocycles. The molecule has 1 aromatic heterocycles. The van der Waals surface area contributed by atoms with Crippen LogP contribution < -0.4 is 20.3 Å². The van der Waals surface area contributed by atoms with Gasteiger partial charge in [-0.25, -0.2) is 18.6 Å². The van der Waals surface area contributed by atoms with Crippen molar-refractivity contribution in [3.05, 3.63) is 76.7 Å². The minimum Gasteiger partial charge on any atom is -0.451 e. The van der Waals surface area contributed by atoms with Crippen molar-refractivity contribution in [2.24, 2.45) is 0 Å². The number of amides is 2. The van der Waals surface area contributed by atoms with Crippen LogP contribution in [0.15, 0.2) is 48.7 Å². The second-order valence-corrected chi connectivity index (χ2v) is 9.22. The predicted molar refractivity (Wildman–Crippen MR) is 136 cm³/mol. The van der Waals surface area contributed by atoms with Gasteiger partial charge in [0.2, 0.25) is 11.6 Å². The Morgan fingerprint density at radius 1 is 0.950 bits per heavy atom. The molecule has 208 valence electrons. The van der Waals surface area contributed by atoms with Gasteiger partial charge in [0.1, 0.15) is 11.6 Å². The van der Waals surface area contributed by atoms with E-state index in [1.165, 1.54) is 18.2 Å². The quantitative estimate of drug-likeness (QED) is 0.186. The summed E-state index contributed by atoms with van der Waals surface area (Å²) in [5, 5.41) is 3.29. The molecule has 1 aliphatic rings. The number of benzene rings is 3. The number of anilines is 3. The molecule has 0 aliphatic carbocycles. The van der Waals surface area contributed by atoms with E-state index in [9.17, 15) is 31.1 Å². The first-order chi connectivity index (χ1) is 19.0. The zero-order valence-corrected chi connectivity index (χ0v) is 21.0. The van der Waals surface area contributed by atoms with Crippen molar-refractivity contribution in [3.63, 3.8) is 0 Å². The highest BCUT2D eigenvalue weighted by Crippen LogP contribution is 2.37. The molecule has 2 N–H and O–H groups in total. The molecule has 0 saturated carbocycles. The third-order valence-electron chi connectivity index (χ3n) is 6.05. The number of nitrogens with one attached hydrogen (secondary N) is 2. The van der Waals surface area contributed by atoms with Crippen LogP contribution in [-0.4, -0.2) is 29.1 Å². The number of halogens is 7. The standard InChI is InChI=1S/C26H18ClF6N5O2/c27-16-5-3-13(9-15(16)26(31,32)33)35-25(39)37-20-11-17(28)24(23(30)22(20)29)40-14-4-6-18-19(10-14)36-21(12-34-18)38-7-1-2-8-38/h3-6,9-12H,1-2,7-8H2,(H2,35,37,39). The summed E-state index contributed by atoms with van der Waals surface area (Å²) in [4.78, 5) is 23.1. The van der Waals surface area contributed by atoms with E-state index in [-0.39, 0.29) is 11.4 Å². The van der Waals surface area contributed by atoms with E-state index < -0.39 is 51.7 Å². The summed E-state index contributed by atoms with van der Waals surface area (Å²) in [5.74, 6) is -5.21. The zero-order chi connectivity index (χ0) is 28.6. The van der Waals surface area contributed by atoms with Crippen LogP contribution in [0.4, 0.5) is 48.3 Å². The lowest BCUT2D eigenvalue weighted by atomic mass is 10.2. The average molecular weight is 582 g/mol. The maximum absolute atomic E-state index is 14.8. The Morgan fingerprint density at radius 3 is 2.42 bits per heavy atom. The number of nitrogens with zero attached hydrogens (tertiary/aromatic N) is 3. The van der Waals surface area contributed by atoms with Gasteiger partial charge in [0.15, 0.2) is 11.6 Å². The van der Waals surface area contributed by atoms with Crippen LogP contribution in [0.5, 0.6) is 11.5 Å². The summed E-state index contributed by atoms with van der Waals surface area (Å²) in [6.45, 7) is 1.66. The number of ether oxygens (including phenoxy) is 1. The van der Waals surface area contributed by atoms with Crippen molar-refractivity contribution >= 4 is 45.9 Å². The van der Waals surface area contributed by atoms with Crippen LogP contribution in [-0.2, 0) is 6.18 Å².